The fourth-order valence-electron chi connectivity index (χ4n) is 1.90. The van der Waals surface area contributed by atoms with Crippen LogP contribution in [0.3, 0.4) is 0 Å². The average molecular weight is 186 g/mol. The summed E-state index contributed by atoms with van der Waals surface area (Å²) >= 11 is 0. The predicted octanol–water partition coefficient (Wildman–Crippen LogP) is 3.07. The van der Waals surface area contributed by atoms with Crippen LogP contribution in [0.5, 0.6) is 0 Å². The molecule has 2 rings (SSSR count). The predicted molar refractivity (Wildman–Crippen MR) is 57.8 cm³/mol. The Bertz CT molecular complexity index is 362. The van der Waals surface area contributed by atoms with Gasteiger partial charge in [-0.15, -0.1) is 0 Å². The molecule has 0 amide bonds. The molecule has 0 spiro atoms. The standard InChI is InChI=1S/C13H14O/c1-10-7-8-12(14)9-13(10)11-5-3-2-4-6-11/h2-6,9-10H,7-8H2,1H3/t10-/m0/s1. The van der Waals surface area contributed by atoms with E-state index in [4.69, 9.17) is 0 Å². The van der Waals surface area contributed by atoms with Gasteiger partial charge in [-0.1, -0.05) is 37.3 Å². The molecule has 0 aliphatic heterocycles. The van der Waals surface area contributed by atoms with Crippen LogP contribution in [0.2, 0.25) is 0 Å². The van der Waals surface area contributed by atoms with Crippen molar-refractivity contribution in [1.29, 1.82) is 0 Å². The lowest BCUT2D eigenvalue weighted by Gasteiger charge is -2.19. The van der Waals surface area contributed by atoms with Gasteiger partial charge in [0.2, 0.25) is 0 Å². The summed E-state index contributed by atoms with van der Waals surface area (Å²) in [4.78, 5) is 11.3. The third kappa shape index (κ3) is 1.77. The Balaban J connectivity index is 2.37. The van der Waals surface area contributed by atoms with Crippen LogP contribution in [-0.2, 0) is 4.79 Å². The third-order valence-electron chi connectivity index (χ3n) is 2.78. The largest absolute Gasteiger partial charge is 0.295 e. The lowest BCUT2D eigenvalue weighted by Crippen LogP contribution is -2.10. The molecule has 1 aliphatic carbocycles. The lowest BCUT2D eigenvalue weighted by atomic mass is 9.84. The summed E-state index contributed by atoms with van der Waals surface area (Å²) in [5, 5.41) is 0. The first kappa shape index (κ1) is 9.20. The molecule has 0 aromatic heterocycles. The zero-order valence-corrected chi connectivity index (χ0v) is 8.36. The first-order valence-corrected chi connectivity index (χ1v) is 5.07. The van der Waals surface area contributed by atoms with E-state index >= 15 is 0 Å². The maximum Gasteiger partial charge on any atom is 0.156 e. The number of ketones is 1. The molecule has 0 unspecified atom stereocenters. The average Bonchev–Trinajstić information content (AvgIpc) is 2.23. The van der Waals surface area contributed by atoms with E-state index in [2.05, 4.69) is 19.1 Å². The van der Waals surface area contributed by atoms with Crippen LogP contribution in [-0.4, -0.2) is 5.78 Å². The van der Waals surface area contributed by atoms with E-state index in [1.807, 2.05) is 24.3 Å². The summed E-state index contributed by atoms with van der Waals surface area (Å²) in [7, 11) is 0. The van der Waals surface area contributed by atoms with Crippen LogP contribution in [0.15, 0.2) is 36.4 Å². The Kier molecular flexibility index (Phi) is 2.49. The maximum atomic E-state index is 11.3. The van der Waals surface area contributed by atoms with Gasteiger partial charge in [-0.2, -0.15) is 0 Å². The molecule has 1 aliphatic rings. The van der Waals surface area contributed by atoms with Crippen LogP contribution in [0.25, 0.3) is 5.57 Å². The SMILES string of the molecule is C[C@H]1CCC(=O)C=C1c1ccccc1. The van der Waals surface area contributed by atoms with Crippen LogP contribution in [0.4, 0.5) is 0 Å². The smallest absolute Gasteiger partial charge is 0.156 e. The topological polar surface area (TPSA) is 17.1 Å². The molecule has 14 heavy (non-hydrogen) atoms. The van der Waals surface area contributed by atoms with Crippen molar-refractivity contribution < 1.29 is 4.79 Å². The van der Waals surface area contributed by atoms with Crippen molar-refractivity contribution in [2.45, 2.75) is 19.8 Å². The number of rotatable bonds is 1. The highest BCUT2D eigenvalue weighted by molar-refractivity contribution is 5.98. The zero-order chi connectivity index (χ0) is 9.97. The molecule has 0 N–H and O–H groups in total. The number of hydrogen-bond donors (Lipinski definition) is 0. The van der Waals surface area contributed by atoms with Crippen LogP contribution < -0.4 is 0 Å². The number of benzene rings is 1. The van der Waals surface area contributed by atoms with E-state index in [9.17, 15) is 4.79 Å². The van der Waals surface area contributed by atoms with Crippen molar-refractivity contribution >= 4 is 11.4 Å². The van der Waals surface area contributed by atoms with Gasteiger partial charge in [0.15, 0.2) is 5.78 Å². The molecule has 1 atom stereocenters. The van der Waals surface area contributed by atoms with Gasteiger partial charge in [0.25, 0.3) is 0 Å². The molecular formula is C13H14O. The van der Waals surface area contributed by atoms with Gasteiger partial charge in [-0.05, 0) is 29.6 Å². The summed E-state index contributed by atoms with van der Waals surface area (Å²) in [5.74, 6) is 0.775. The van der Waals surface area contributed by atoms with Crippen molar-refractivity contribution in [1.82, 2.24) is 0 Å². The molecule has 0 saturated heterocycles. The van der Waals surface area contributed by atoms with Crippen LogP contribution >= 0.6 is 0 Å². The molecule has 72 valence electrons. The molecule has 0 heterocycles. The number of carbonyl (C=O) groups excluding carboxylic acids is 1. The Morgan fingerprint density at radius 1 is 1.21 bits per heavy atom. The second-order valence-electron chi connectivity index (χ2n) is 3.87. The van der Waals surface area contributed by atoms with E-state index in [1.54, 1.807) is 0 Å². The lowest BCUT2D eigenvalue weighted by molar-refractivity contribution is -0.115. The first-order valence-electron chi connectivity index (χ1n) is 5.07. The Labute approximate surface area is 84.5 Å². The Morgan fingerprint density at radius 3 is 2.64 bits per heavy atom. The molecule has 1 aromatic carbocycles. The van der Waals surface area contributed by atoms with Gasteiger partial charge < -0.3 is 0 Å². The van der Waals surface area contributed by atoms with Crippen molar-refractivity contribution in [3.8, 4) is 0 Å². The molecule has 1 heteroatoms. The molecule has 0 fully saturated rings. The summed E-state index contributed by atoms with van der Waals surface area (Å²) in [6, 6.07) is 10.2. The summed E-state index contributed by atoms with van der Waals surface area (Å²) in [6.45, 7) is 2.19. The highest BCUT2D eigenvalue weighted by Gasteiger charge is 2.18. The van der Waals surface area contributed by atoms with Gasteiger partial charge in [-0.3, -0.25) is 4.79 Å². The zero-order valence-electron chi connectivity index (χ0n) is 8.36. The highest BCUT2D eigenvalue weighted by Crippen LogP contribution is 2.30. The van der Waals surface area contributed by atoms with Crippen molar-refractivity contribution in [3.05, 3.63) is 42.0 Å². The maximum absolute atomic E-state index is 11.3. The summed E-state index contributed by atoms with van der Waals surface area (Å²) < 4.78 is 0. The molecule has 0 saturated carbocycles. The van der Waals surface area contributed by atoms with Gasteiger partial charge in [0.05, 0.1) is 0 Å². The van der Waals surface area contributed by atoms with Crippen LogP contribution in [0, 0.1) is 5.92 Å². The normalized spacial score (nSPS) is 21.9. The van der Waals surface area contributed by atoms with Crippen LogP contribution in [0.1, 0.15) is 25.3 Å². The minimum Gasteiger partial charge on any atom is -0.295 e. The second kappa shape index (κ2) is 3.79. The molecular weight excluding hydrogens is 172 g/mol. The molecule has 1 nitrogen and oxygen atoms in total. The Hall–Kier alpha value is -1.37. The van der Waals surface area contributed by atoms with Crippen molar-refractivity contribution in [2.75, 3.05) is 0 Å². The highest BCUT2D eigenvalue weighted by atomic mass is 16.1. The summed E-state index contributed by atoms with van der Waals surface area (Å²) in [5.41, 5.74) is 2.38. The number of carbonyl (C=O) groups is 1. The fraction of sp³-hybridized carbons (Fsp3) is 0.308. The Morgan fingerprint density at radius 2 is 1.93 bits per heavy atom. The van der Waals surface area contributed by atoms with E-state index < -0.39 is 0 Å². The van der Waals surface area contributed by atoms with Gasteiger partial charge >= 0.3 is 0 Å². The van der Waals surface area contributed by atoms with Crippen molar-refractivity contribution in [2.24, 2.45) is 5.92 Å². The van der Waals surface area contributed by atoms with E-state index in [0.29, 0.717) is 12.3 Å². The van der Waals surface area contributed by atoms with Gasteiger partial charge in [0.1, 0.15) is 0 Å². The third-order valence-corrected chi connectivity index (χ3v) is 2.78. The minimum absolute atomic E-state index is 0.266. The quantitative estimate of drug-likeness (QED) is 0.658. The monoisotopic (exact) mass is 186 g/mol. The first-order chi connectivity index (χ1) is 6.77. The van der Waals surface area contributed by atoms with E-state index in [-0.39, 0.29) is 5.78 Å². The fourth-order valence-corrected chi connectivity index (χ4v) is 1.90. The second-order valence-corrected chi connectivity index (χ2v) is 3.87. The van der Waals surface area contributed by atoms with Gasteiger partial charge in [-0.25, -0.2) is 0 Å². The minimum atomic E-state index is 0.266. The summed E-state index contributed by atoms with van der Waals surface area (Å²) in [6.07, 6.45) is 3.50. The molecule has 1 aromatic rings. The molecule has 0 radical (unpaired) electrons. The van der Waals surface area contributed by atoms with E-state index in [1.165, 1.54) is 11.1 Å². The van der Waals surface area contributed by atoms with Gasteiger partial charge in [0, 0.05) is 6.42 Å². The van der Waals surface area contributed by atoms with E-state index in [0.717, 1.165) is 6.42 Å². The number of hydrogen-bond acceptors (Lipinski definition) is 1. The molecule has 0 bridgehead atoms. The van der Waals surface area contributed by atoms with Crippen molar-refractivity contribution in [3.63, 3.8) is 0 Å². The number of allylic oxidation sites excluding steroid dienone is 2.